The van der Waals surface area contributed by atoms with E-state index < -0.39 is 9.84 Å². The van der Waals surface area contributed by atoms with E-state index in [2.05, 4.69) is 0 Å². The van der Waals surface area contributed by atoms with Crippen LogP contribution in [0.25, 0.3) is 0 Å². The van der Waals surface area contributed by atoms with Crippen molar-refractivity contribution in [3.63, 3.8) is 0 Å². The van der Waals surface area contributed by atoms with E-state index in [9.17, 15) is 8.42 Å². The number of halogens is 1. The maximum Gasteiger partial charge on any atom is 0.179 e. The fourth-order valence-corrected chi connectivity index (χ4v) is 3.11. The molecule has 0 amide bonds. The SMILES string of the molecule is COc1ccc(C#N)c(S(=O)(=O)CCCCl)c1. The van der Waals surface area contributed by atoms with Crippen molar-refractivity contribution in [1.29, 1.82) is 5.26 Å². The summed E-state index contributed by atoms with van der Waals surface area (Å²) in [5.41, 5.74) is 0.125. The highest BCUT2D eigenvalue weighted by atomic mass is 35.5. The summed E-state index contributed by atoms with van der Waals surface area (Å²) in [5.74, 6) is 0.608. The molecule has 0 spiro atoms. The van der Waals surface area contributed by atoms with Crippen molar-refractivity contribution in [1.82, 2.24) is 0 Å². The van der Waals surface area contributed by atoms with Gasteiger partial charge in [-0.05, 0) is 18.6 Å². The van der Waals surface area contributed by atoms with Crippen LogP contribution < -0.4 is 4.74 Å². The molecule has 92 valence electrons. The Morgan fingerprint density at radius 3 is 2.71 bits per heavy atom. The lowest BCUT2D eigenvalue weighted by atomic mass is 10.2. The predicted molar refractivity (Wildman–Crippen MR) is 65.1 cm³/mol. The van der Waals surface area contributed by atoms with Crippen molar-refractivity contribution in [3.05, 3.63) is 23.8 Å². The molecule has 0 atom stereocenters. The number of ether oxygens (including phenoxy) is 1. The van der Waals surface area contributed by atoms with Crippen molar-refractivity contribution in [2.45, 2.75) is 11.3 Å². The highest BCUT2D eigenvalue weighted by Crippen LogP contribution is 2.23. The number of alkyl halides is 1. The molecule has 17 heavy (non-hydrogen) atoms. The van der Waals surface area contributed by atoms with E-state index in [0.29, 0.717) is 12.2 Å². The lowest BCUT2D eigenvalue weighted by Crippen LogP contribution is -2.09. The Labute approximate surface area is 106 Å². The maximum atomic E-state index is 12.0. The molecule has 0 aliphatic rings. The minimum absolute atomic E-state index is 0.00414. The van der Waals surface area contributed by atoms with Crippen LogP contribution in [0.5, 0.6) is 5.75 Å². The minimum Gasteiger partial charge on any atom is -0.497 e. The van der Waals surface area contributed by atoms with Crippen LogP contribution in [0, 0.1) is 11.3 Å². The second kappa shape index (κ2) is 5.89. The normalized spacial score (nSPS) is 10.9. The average Bonchev–Trinajstić information content (AvgIpc) is 2.35. The Kier molecular flexibility index (Phi) is 4.79. The van der Waals surface area contributed by atoms with Gasteiger partial charge in [-0.25, -0.2) is 8.42 Å². The van der Waals surface area contributed by atoms with E-state index in [4.69, 9.17) is 21.6 Å². The van der Waals surface area contributed by atoms with Gasteiger partial charge in [-0.3, -0.25) is 0 Å². The molecule has 0 heterocycles. The van der Waals surface area contributed by atoms with Crippen LogP contribution in [0.1, 0.15) is 12.0 Å². The van der Waals surface area contributed by atoms with Crippen LogP contribution in [0.4, 0.5) is 0 Å². The number of sulfone groups is 1. The van der Waals surface area contributed by atoms with Gasteiger partial charge in [0.25, 0.3) is 0 Å². The van der Waals surface area contributed by atoms with Crippen molar-refractivity contribution in [2.75, 3.05) is 18.7 Å². The molecule has 0 aromatic heterocycles. The Morgan fingerprint density at radius 2 is 2.18 bits per heavy atom. The van der Waals surface area contributed by atoms with Gasteiger partial charge in [0.1, 0.15) is 11.8 Å². The van der Waals surface area contributed by atoms with Gasteiger partial charge in [-0.15, -0.1) is 11.6 Å². The van der Waals surface area contributed by atoms with Gasteiger partial charge in [0, 0.05) is 11.9 Å². The summed E-state index contributed by atoms with van der Waals surface area (Å²) < 4.78 is 28.9. The molecule has 0 fully saturated rings. The van der Waals surface area contributed by atoms with Crippen molar-refractivity contribution in [3.8, 4) is 11.8 Å². The Hall–Kier alpha value is -1.25. The predicted octanol–water partition coefficient (Wildman–Crippen LogP) is 1.97. The zero-order chi connectivity index (χ0) is 12.9. The molecule has 0 bridgehead atoms. The highest BCUT2D eigenvalue weighted by Gasteiger charge is 2.19. The summed E-state index contributed by atoms with van der Waals surface area (Å²) in [7, 11) is -2.04. The van der Waals surface area contributed by atoms with Crippen molar-refractivity contribution >= 4 is 21.4 Å². The third-order valence-electron chi connectivity index (χ3n) is 2.19. The van der Waals surface area contributed by atoms with E-state index in [1.54, 1.807) is 6.07 Å². The summed E-state index contributed by atoms with van der Waals surface area (Å²) in [6.45, 7) is 0. The van der Waals surface area contributed by atoms with Crippen LogP contribution in [-0.4, -0.2) is 27.2 Å². The summed E-state index contributed by atoms with van der Waals surface area (Å²) in [5, 5.41) is 8.89. The van der Waals surface area contributed by atoms with Crippen LogP contribution >= 0.6 is 11.6 Å². The first-order valence-corrected chi connectivity index (χ1v) is 7.10. The fourth-order valence-electron chi connectivity index (χ4n) is 1.33. The zero-order valence-electron chi connectivity index (χ0n) is 9.31. The smallest absolute Gasteiger partial charge is 0.179 e. The topological polar surface area (TPSA) is 67.2 Å². The van der Waals surface area contributed by atoms with Crippen molar-refractivity contribution in [2.24, 2.45) is 0 Å². The molecule has 0 unspecified atom stereocenters. The van der Waals surface area contributed by atoms with Gasteiger partial charge in [0.2, 0.25) is 0 Å². The Morgan fingerprint density at radius 1 is 1.47 bits per heavy atom. The largest absolute Gasteiger partial charge is 0.497 e. The molecule has 0 aliphatic carbocycles. The van der Waals surface area contributed by atoms with E-state index in [1.165, 1.54) is 19.2 Å². The first kappa shape index (κ1) is 13.8. The lowest BCUT2D eigenvalue weighted by molar-refractivity contribution is 0.413. The molecule has 6 heteroatoms. The van der Waals surface area contributed by atoms with E-state index in [0.717, 1.165) is 0 Å². The lowest BCUT2D eigenvalue weighted by Gasteiger charge is -2.07. The first-order valence-electron chi connectivity index (χ1n) is 4.92. The third kappa shape index (κ3) is 3.35. The molecule has 1 aromatic carbocycles. The van der Waals surface area contributed by atoms with Crippen LogP contribution in [0.3, 0.4) is 0 Å². The van der Waals surface area contributed by atoms with Crippen LogP contribution in [0.2, 0.25) is 0 Å². The number of nitriles is 1. The molecular weight excluding hydrogens is 262 g/mol. The zero-order valence-corrected chi connectivity index (χ0v) is 10.9. The van der Waals surface area contributed by atoms with Gasteiger partial charge in [0.05, 0.1) is 23.3 Å². The average molecular weight is 274 g/mol. The van der Waals surface area contributed by atoms with E-state index in [1.807, 2.05) is 6.07 Å². The minimum atomic E-state index is -3.48. The molecular formula is C11H12ClNO3S. The molecule has 0 saturated carbocycles. The first-order chi connectivity index (χ1) is 8.05. The summed E-state index contributed by atoms with van der Waals surface area (Å²) in [6, 6.07) is 6.22. The van der Waals surface area contributed by atoms with Gasteiger partial charge in [0.15, 0.2) is 9.84 Å². The number of nitrogens with zero attached hydrogens (tertiary/aromatic N) is 1. The molecule has 1 rings (SSSR count). The number of hydrogen-bond donors (Lipinski definition) is 0. The molecule has 0 saturated heterocycles. The van der Waals surface area contributed by atoms with Gasteiger partial charge >= 0.3 is 0 Å². The summed E-state index contributed by atoms with van der Waals surface area (Å²) in [4.78, 5) is 0.00414. The third-order valence-corrected chi connectivity index (χ3v) is 4.29. The Bertz CT molecular complexity index is 534. The number of rotatable bonds is 5. The van der Waals surface area contributed by atoms with Gasteiger partial charge in [-0.1, -0.05) is 0 Å². The quantitative estimate of drug-likeness (QED) is 0.769. The number of methoxy groups -OCH3 is 1. The van der Waals surface area contributed by atoms with E-state index in [-0.39, 0.29) is 22.1 Å². The summed E-state index contributed by atoms with van der Waals surface area (Å²) in [6.07, 6.45) is 0.353. The standard InChI is InChI=1S/C11H12ClNO3S/c1-16-10-4-3-9(8-13)11(7-10)17(14,15)6-2-5-12/h3-4,7H,2,5-6H2,1H3. The monoisotopic (exact) mass is 273 g/mol. The summed E-state index contributed by atoms with van der Waals surface area (Å²) >= 11 is 5.47. The van der Waals surface area contributed by atoms with E-state index >= 15 is 0 Å². The van der Waals surface area contributed by atoms with Crippen LogP contribution in [-0.2, 0) is 9.84 Å². The molecule has 0 radical (unpaired) electrons. The molecule has 1 aromatic rings. The molecule has 4 nitrogen and oxygen atoms in total. The Balaban J connectivity index is 3.24. The van der Waals surface area contributed by atoms with Gasteiger partial charge in [-0.2, -0.15) is 5.26 Å². The highest BCUT2D eigenvalue weighted by molar-refractivity contribution is 7.91. The molecule has 0 aliphatic heterocycles. The van der Waals surface area contributed by atoms with Crippen molar-refractivity contribution < 1.29 is 13.2 Å². The second-order valence-electron chi connectivity index (χ2n) is 3.34. The number of hydrogen-bond acceptors (Lipinski definition) is 4. The fraction of sp³-hybridized carbons (Fsp3) is 0.364. The second-order valence-corrected chi connectivity index (χ2v) is 5.79. The van der Waals surface area contributed by atoms with Crippen LogP contribution in [0.15, 0.2) is 23.1 Å². The maximum absolute atomic E-state index is 12.0. The van der Waals surface area contributed by atoms with Gasteiger partial charge < -0.3 is 4.74 Å². The number of benzene rings is 1. The molecule has 0 N–H and O–H groups in total.